The Bertz CT molecular complexity index is 1360. The number of Topliss-reactive ketones (excluding diaryl/α,β-unsaturated/α-hetero) is 1. The Morgan fingerprint density at radius 2 is 1.56 bits per heavy atom. The van der Waals surface area contributed by atoms with E-state index in [0.717, 1.165) is 38.2 Å². The van der Waals surface area contributed by atoms with Crippen molar-refractivity contribution in [1.82, 2.24) is 10.6 Å². The second-order valence-corrected chi connectivity index (χ2v) is 12.9. The zero-order valence-electron chi connectivity index (χ0n) is 25.5. The van der Waals surface area contributed by atoms with Crippen LogP contribution in [-0.4, -0.2) is 35.5 Å². The number of halogens is 2. The largest absolute Gasteiger partial charge is 0.390 e. The van der Waals surface area contributed by atoms with Gasteiger partial charge in [0.15, 0.2) is 5.78 Å². The first-order valence-corrected chi connectivity index (χ1v) is 15.3. The van der Waals surface area contributed by atoms with Gasteiger partial charge in [-0.25, -0.2) is 8.78 Å². The van der Waals surface area contributed by atoms with E-state index >= 15 is 0 Å². The molecule has 3 N–H and O–H groups in total. The molecule has 230 valence electrons. The summed E-state index contributed by atoms with van der Waals surface area (Å²) in [5.41, 5.74) is 2.93. The highest BCUT2D eigenvalue weighted by Gasteiger charge is 2.35. The lowest BCUT2D eigenvalue weighted by atomic mass is 9.74. The van der Waals surface area contributed by atoms with Crippen molar-refractivity contribution >= 4 is 11.7 Å². The van der Waals surface area contributed by atoms with Gasteiger partial charge < -0.3 is 15.7 Å². The molecule has 1 amide bonds. The van der Waals surface area contributed by atoms with Crippen LogP contribution < -0.4 is 10.6 Å². The summed E-state index contributed by atoms with van der Waals surface area (Å²) in [4.78, 5) is 25.5. The molecule has 2 unspecified atom stereocenters. The van der Waals surface area contributed by atoms with Crippen LogP contribution in [0.15, 0.2) is 72.8 Å². The molecule has 1 fully saturated rings. The summed E-state index contributed by atoms with van der Waals surface area (Å²) >= 11 is 0. The molecule has 3 aromatic carbocycles. The third-order valence-corrected chi connectivity index (χ3v) is 8.50. The van der Waals surface area contributed by atoms with Crippen molar-refractivity contribution in [3.8, 4) is 0 Å². The minimum absolute atomic E-state index is 0.0110. The maximum absolute atomic E-state index is 14.0. The number of aliphatic hydroxyl groups excluding tert-OH is 1. The summed E-state index contributed by atoms with van der Waals surface area (Å²) in [6, 6.07) is 19.8. The maximum Gasteiger partial charge on any atom is 0.220 e. The quantitative estimate of drug-likeness (QED) is 0.204. The van der Waals surface area contributed by atoms with Gasteiger partial charge in [0, 0.05) is 36.6 Å². The van der Waals surface area contributed by atoms with Crippen LogP contribution in [0.25, 0.3) is 0 Å². The van der Waals surface area contributed by atoms with Crippen LogP contribution in [0.3, 0.4) is 0 Å². The molecule has 4 rings (SSSR count). The van der Waals surface area contributed by atoms with Crippen LogP contribution in [0.1, 0.15) is 92.8 Å². The lowest BCUT2D eigenvalue weighted by Gasteiger charge is -2.41. The first-order valence-electron chi connectivity index (χ1n) is 15.3. The summed E-state index contributed by atoms with van der Waals surface area (Å²) in [7, 11) is 0. The van der Waals surface area contributed by atoms with Crippen LogP contribution in [0.5, 0.6) is 0 Å². The molecular formula is C36H44F2N2O3. The molecule has 3 aromatic rings. The van der Waals surface area contributed by atoms with Crippen molar-refractivity contribution in [2.75, 3.05) is 6.54 Å². The van der Waals surface area contributed by atoms with Crippen molar-refractivity contribution in [1.29, 1.82) is 0 Å². The van der Waals surface area contributed by atoms with E-state index < -0.39 is 29.7 Å². The monoisotopic (exact) mass is 590 g/mol. The normalized spacial score (nSPS) is 16.3. The molecule has 7 heteroatoms. The molecule has 0 saturated heterocycles. The number of carbonyl (C=O) groups is 2. The fourth-order valence-corrected chi connectivity index (χ4v) is 5.99. The number of rotatable bonds is 12. The molecular weight excluding hydrogens is 546 g/mol. The Morgan fingerprint density at radius 3 is 2.21 bits per heavy atom. The first kappa shape index (κ1) is 32.5. The van der Waals surface area contributed by atoms with Crippen molar-refractivity contribution in [3.63, 3.8) is 0 Å². The van der Waals surface area contributed by atoms with Gasteiger partial charge in [0.2, 0.25) is 5.91 Å². The fourth-order valence-electron chi connectivity index (χ4n) is 5.99. The second kappa shape index (κ2) is 14.4. The predicted octanol–water partition coefficient (Wildman–Crippen LogP) is 6.76. The number of carbonyl (C=O) groups excluding carboxylic acids is 2. The Hall–Kier alpha value is -3.42. The molecule has 1 aliphatic carbocycles. The molecule has 1 saturated carbocycles. The minimum Gasteiger partial charge on any atom is -0.390 e. The van der Waals surface area contributed by atoms with E-state index in [1.54, 1.807) is 24.3 Å². The number of ketones is 1. The highest BCUT2D eigenvalue weighted by molar-refractivity contribution is 5.97. The molecule has 5 nitrogen and oxygen atoms in total. The van der Waals surface area contributed by atoms with E-state index in [2.05, 4.69) is 55.7 Å². The molecule has 0 radical (unpaired) electrons. The zero-order chi connectivity index (χ0) is 31.0. The molecule has 2 atom stereocenters. The van der Waals surface area contributed by atoms with Crippen LogP contribution in [0.4, 0.5) is 8.78 Å². The second-order valence-electron chi connectivity index (χ2n) is 12.9. The number of hydrogen-bond donors (Lipinski definition) is 3. The van der Waals surface area contributed by atoms with Crippen LogP contribution in [0, 0.1) is 11.6 Å². The fraction of sp³-hybridized carbons (Fsp3) is 0.444. The van der Waals surface area contributed by atoms with Gasteiger partial charge in [-0.05, 0) is 53.5 Å². The molecule has 0 spiro atoms. The maximum atomic E-state index is 14.0. The highest BCUT2D eigenvalue weighted by Crippen LogP contribution is 2.38. The van der Waals surface area contributed by atoms with E-state index in [9.17, 15) is 23.5 Å². The Labute approximate surface area is 254 Å². The number of benzene rings is 3. The number of amides is 1. The van der Waals surface area contributed by atoms with E-state index in [-0.39, 0.29) is 42.5 Å². The zero-order valence-corrected chi connectivity index (χ0v) is 25.5. The highest BCUT2D eigenvalue weighted by atomic mass is 19.1. The van der Waals surface area contributed by atoms with Crippen molar-refractivity contribution < 1.29 is 23.5 Å². The summed E-state index contributed by atoms with van der Waals surface area (Å²) in [6.07, 6.45) is 4.03. The van der Waals surface area contributed by atoms with Gasteiger partial charge in [-0.3, -0.25) is 9.59 Å². The molecule has 0 aliphatic heterocycles. The summed E-state index contributed by atoms with van der Waals surface area (Å²) in [5, 5.41) is 18.0. The van der Waals surface area contributed by atoms with Crippen LogP contribution >= 0.6 is 0 Å². The molecule has 0 bridgehead atoms. The van der Waals surface area contributed by atoms with E-state index in [0.29, 0.717) is 11.1 Å². The number of hydrogen-bond acceptors (Lipinski definition) is 4. The lowest BCUT2D eigenvalue weighted by molar-refractivity contribution is -0.122. The van der Waals surface area contributed by atoms with Crippen LogP contribution in [-0.2, 0) is 22.2 Å². The predicted molar refractivity (Wildman–Crippen MR) is 166 cm³/mol. The third kappa shape index (κ3) is 9.04. The average Bonchev–Trinajstić information content (AvgIpc) is 2.98. The van der Waals surface area contributed by atoms with Crippen molar-refractivity contribution in [2.45, 2.75) is 95.2 Å². The van der Waals surface area contributed by atoms with E-state index in [1.807, 2.05) is 6.07 Å². The van der Waals surface area contributed by atoms with Gasteiger partial charge in [0.25, 0.3) is 0 Å². The standard InChI is InChI=1S/C36H44F2N2O3/c1-35(2,3)27-13-10-14-28(22-27)36(17-8-5-9-18-36)39-24-33(42)31(21-25-19-29(37)23-30(38)20-25)40-34(43)16-15-32(41)26-11-6-4-7-12-26/h4,6-7,10-14,19-20,22-23,31,33,39,42H,5,8-9,15-18,21,24H2,1-3H3,(H,40,43). The molecule has 1 aliphatic rings. The minimum atomic E-state index is -1.05. The Morgan fingerprint density at radius 1 is 0.884 bits per heavy atom. The summed E-state index contributed by atoms with van der Waals surface area (Å²) in [6.45, 7) is 6.73. The Kier molecular flexibility index (Phi) is 10.9. The smallest absolute Gasteiger partial charge is 0.220 e. The SMILES string of the molecule is CC(C)(C)c1cccc(C2(NCC(O)C(Cc3cc(F)cc(F)c3)NC(=O)CCC(=O)c3ccccc3)CCCCC2)c1. The molecule has 0 heterocycles. The summed E-state index contributed by atoms with van der Waals surface area (Å²) < 4.78 is 28.0. The summed E-state index contributed by atoms with van der Waals surface area (Å²) in [5.74, 6) is -2.00. The van der Waals surface area contributed by atoms with E-state index in [1.165, 1.54) is 23.3 Å². The van der Waals surface area contributed by atoms with Gasteiger partial charge >= 0.3 is 0 Å². The molecule has 43 heavy (non-hydrogen) atoms. The topological polar surface area (TPSA) is 78.4 Å². The van der Waals surface area contributed by atoms with E-state index in [4.69, 9.17) is 0 Å². The van der Waals surface area contributed by atoms with Gasteiger partial charge in [-0.2, -0.15) is 0 Å². The number of nitrogens with one attached hydrogen (secondary N) is 2. The van der Waals surface area contributed by atoms with Crippen molar-refractivity contribution in [2.24, 2.45) is 0 Å². The average molecular weight is 591 g/mol. The molecule has 0 aromatic heterocycles. The van der Waals surface area contributed by atoms with Gasteiger partial charge in [-0.1, -0.05) is 94.6 Å². The van der Waals surface area contributed by atoms with Crippen molar-refractivity contribution in [3.05, 3.63) is 107 Å². The van der Waals surface area contributed by atoms with Crippen LogP contribution in [0.2, 0.25) is 0 Å². The first-order chi connectivity index (χ1) is 20.4. The van der Waals surface area contributed by atoms with Gasteiger partial charge in [0.1, 0.15) is 11.6 Å². The third-order valence-electron chi connectivity index (χ3n) is 8.50. The number of aliphatic hydroxyl groups is 1. The van der Waals surface area contributed by atoms with Gasteiger partial charge in [0.05, 0.1) is 12.1 Å². The lowest BCUT2D eigenvalue weighted by Crippen LogP contribution is -2.53. The Balaban J connectivity index is 1.50. The van der Waals surface area contributed by atoms with Gasteiger partial charge in [-0.15, -0.1) is 0 Å².